The quantitative estimate of drug-likeness (QED) is 0.213. The number of carbonyl (C=O) groups excluding carboxylic acids is 4. The van der Waals surface area contributed by atoms with Crippen LogP contribution in [0.15, 0.2) is 48.1 Å². The molecular weight excluding hydrogens is 679 g/mol. The fraction of sp³-hybridized carbons (Fsp3) is 0.632. The van der Waals surface area contributed by atoms with Gasteiger partial charge >= 0.3 is 12.1 Å². The van der Waals surface area contributed by atoms with Crippen molar-refractivity contribution >= 4 is 29.8 Å². The van der Waals surface area contributed by atoms with E-state index < -0.39 is 96.9 Å². The maximum absolute atomic E-state index is 13.4. The van der Waals surface area contributed by atoms with Crippen molar-refractivity contribution in [3.63, 3.8) is 0 Å². The summed E-state index contributed by atoms with van der Waals surface area (Å²) in [5.41, 5.74) is 0.948. The van der Waals surface area contributed by atoms with E-state index in [0.717, 1.165) is 0 Å². The number of likely N-dealkylation sites (N-methyl/N-ethyl adjacent to an activating group) is 1. The number of halogens is 1. The Morgan fingerprint density at radius 1 is 1.08 bits per heavy atom. The van der Waals surface area contributed by atoms with Crippen molar-refractivity contribution in [1.29, 1.82) is 0 Å². The van der Waals surface area contributed by atoms with Crippen molar-refractivity contribution in [2.75, 3.05) is 26.0 Å². The van der Waals surface area contributed by atoms with Crippen molar-refractivity contribution in [3.8, 4) is 0 Å². The summed E-state index contributed by atoms with van der Waals surface area (Å²) in [5.74, 6) is -4.11. The van der Waals surface area contributed by atoms with Gasteiger partial charge in [0.1, 0.15) is 30.9 Å². The van der Waals surface area contributed by atoms with Crippen LogP contribution in [0.1, 0.15) is 60.3 Å². The van der Waals surface area contributed by atoms with Crippen molar-refractivity contribution in [2.45, 2.75) is 109 Å². The second kappa shape index (κ2) is 20.1. The Hall–Kier alpha value is -3.53. The van der Waals surface area contributed by atoms with E-state index in [1.807, 2.05) is 0 Å². The van der Waals surface area contributed by atoms with Gasteiger partial charge in [0.2, 0.25) is 0 Å². The Morgan fingerprint density at radius 3 is 2.37 bits per heavy atom. The van der Waals surface area contributed by atoms with E-state index >= 15 is 0 Å². The van der Waals surface area contributed by atoms with Crippen LogP contribution in [0, 0.1) is 29.5 Å². The van der Waals surface area contributed by atoms with E-state index in [2.05, 4.69) is 5.32 Å². The molecule has 1 aromatic rings. The highest BCUT2D eigenvalue weighted by atomic mass is 19.1. The summed E-state index contributed by atoms with van der Waals surface area (Å²) in [4.78, 5) is 53.0. The van der Waals surface area contributed by atoms with Gasteiger partial charge in [-0.2, -0.15) is 0 Å². The number of cyclic esters (lactones) is 1. The number of ether oxygens (including phenoxy) is 4. The average Bonchev–Trinajstić information content (AvgIpc) is 3.09. The zero-order valence-corrected chi connectivity index (χ0v) is 31.0. The maximum Gasteiger partial charge on any atom is 0.411 e. The summed E-state index contributed by atoms with van der Waals surface area (Å²) in [5, 5.41) is 35.9. The molecule has 12 atom stereocenters. The zero-order chi connectivity index (χ0) is 38.7. The molecule has 2 heterocycles. The molecule has 2 aliphatic rings. The van der Waals surface area contributed by atoms with Crippen LogP contribution < -0.4 is 5.32 Å². The molecule has 3 rings (SSSR count). The average molecular weight is 735 g/mol. The van der Waals surface area contributed by atoms with Gasteiger partial charge in [0.25, 0.3) is 0 Å². The molecule has 4 N–H and O–H groups in total. The Labute approximate surface area is 305 Å². The minimum Gasteiger partial charge on any atom is -0.462 e. The monoisotopic (exact) mass is 734 g/mol. The van der Waals surface area contributed by atoms with Gasteiger partial charge in [-0.1, -0.05) is 38.5 Å². The molecule has 1 saturated heterocycles. The number of nitrogens with one attached hydrogen (secondary N) is 1. The molecule has 0 unspecified atom stereocenters. The number of benzene rings is 1. The Bertz CT molecular complexity index is 1400. The Balaban J connectivity index is 1.92. The van der Waals surface area contributed by atoms with Gasteiger partial charge in [0, 0.05) is 29.9 Å². The second-order valence-electron chi connectivity index (χ2n) is 14.2. The van der Waals surface area contributed by atoms with E-state index in [4.69, 9.17) is 18.9 Å². The van der Waals surface area contributed by atoms with Crippen molar-refractivity contribution in [2.24, 2.45) is 23.7 Å². The highest BCUT2D eigenvalue weighted by Crippen LogP contribution is 2.34. The molecule has 0 aliphatic carbocycles. The minimum absolute atomic E-state index is 0.0428. The number of nitrogens with zero attached hydrogens (tertiary/aromatic N) is 1. The Kier molecular flexibility index (Phi) is 16.5. The lowest BCUT2D eigenvalue weighted by atomic mass is 9.79. The van der Waals surface area contributed by atoms with Gasteiger partial charge in [0.05, 0.1) is 36.9 Å². The number of rotatable bonds is 9. The predicted molar refractivity (Wildman–Crippen MR) is 189 cm³/mol. The van der Waals surface area contributed by atoms with Crippen LogP contribution >= 0.6 is 0 Å². The van der Waals surface area contributed by atoms with Gasteiger partial charge in [-0.3, -0.25) is 14.9 Å². The number of aliphatic hydroxyl groups is 3. The first-order chi connectivity index (χ1) is 24.6. The van der Waals surface area contributed by atoms with Crippen molar-refractivity contribution < 1.29 is 57.8 Å². The van der Waals surface area contributed by atoms with E-state index in [-0.39, 0.29) is 25.2 Å². The molecule has 52 heavy (non-hydrogen) atoms. The fourth-order valence-electron chi connectivity index (χ4n) is 6.77. The summed E-state index contributed by atoms with van der Waals surface area (Å²) in [7, 11) is 3.40. The third-order valence-corrected chi connectivity index (χ3v) is 9.85. The van der Waals surface area contributed by atoms with Crippen LogP contribution in [0.3, 0.4) is 0 Å². The summed E-state index contributed by atoms with van der Waals surface area (Å²) < 4.78 is 36.9. The topological polar surface area (TPSA) is 181 Å². The van der Waals surface area contributed by atoms with E-state index in [9.17, 15) is 38.9 Å². The molecule has 2 aliphatic heterocycles. The zero-order valence-electron chi connectivity index (χ0n) is 31.0. The number of hydrogen-bond acceptors (Lipinski definition) is 12. The lowest BCUT2D eigenvalue weighted by Gasteiger charge is -2.46. The first kappa shape index (κ1) is 42.9. The van der Waals surface area contributed by atoms with Crippen LogP contribution in [-0.2, 0) is 33.3 Å². The molecule has 14 heteroatoms. The molecule has 13 nitrogen and oxygen atoms in total. The molecule has 0 bridgehead atoms. The number of aldehydes is 1. The lowest BCUT2D eigenvalue weighted by Crippen LogP contribution is -2.63. The molecular formula is C38H55FN2O11. The van der Waals surface area contributed by atoms with E-state index in [0.29, 0.717) is 24.0 Å². The number of anilines is 1. The van der Waals surface area contributed by atoms with Crippen LogP contribution in [-0.4, -0.2) is 114 Å². The second-order valence-corrected chi connectivity index (χ2v) is 14.2. The third-order valence-electron chi connectivity index (χ3n) is 9.85. The highest BCUT2D eigenvalue weighted by Gasteiger charge is 2.47. The van der Waals surface area contributed by atoms with Crippen molar-refractivity contribution in [3.05, 3.63) is 53.9 Å². The minimum atomic E-state index is -1.34. The molecule has 290 valence electrons. The van der Waals surface area contributed by atoms with E-state index in [1.165, 1.54) is 30.3 Å². The molecule has 0 spiro atoms. The van der Waals surface area contributed by atoms with Gasteiger partial charge in [-0.25, -0.2) is 9.18 Å². The summed E-state index contributed by atoms with van der Waals surface area (Å²) in [6, 6.07) is 4.39. The number of allylic oxidation sites excluding steroid dienone is 3. The molecule has 1 aromatic carbocycles. The highest BCUT2D eigenvalue weighted by molar-refractivity contribution is 5.91. The molecule has 0 radical (unpaired) electrons. The number of carbonyl (C=O) groups is 4. The predicted octanol–water partition coefficient (Wildman–Crippen LogP) is 3.80. The van der Waals surface area contributed by atoms with Crippen LogP contribution in [0.4, 0.5) is 14.9 Å². The third kappa shape index (κ3) is 12.0. The van der Waals surface area contributed by atoms with Gasteiger partial charge < -0.3 is 44.0 Å². The van der Waals surface area contributed by atoms with Gasteiger partial charge in [-0.15, -0.1) is 0 Å². The SMILES string of the molecule is CC[C@H]1OC(=O)C[C@@H](O)[C@H](C)[C@@H](O[C@@H]2O[C@H](C)[C@@H](O)[C@H](N(C)C)[C@H]2O)[C@@H](CC=O)C[C@@H](C)C(=O)/C=C/C(C)=C/[C@@H]1COC(=O)Nc1ccc(F)cc1. The normalized spacial score (nSPS) is 35.6. The first-order valence-corrected chi connectivity index (χ1v) is 17.8. The lowest BCUT2D eigenvalue weighted by molar-refractivity contribution is -0.304. The smallest absolute Gasteiger partial charge is 0.411 e. The molecule has 1 fully saturated rings. The Morgan fingerprint density at radius 2 is 1.75 bits per heavy atom. The summed E-state index contributed by atoms with van der Waals surface area (Å²) >= 11 is 0. The number of hydrogen-bond donors (Lipinski definition) is 4. The largest absolute Gasteiger partial charge is 0.462 e. The fourth-order valence-corrected chi connectivity index (χ4v) is 6.77. The van der Waals surface area contributed by atoms with Gasteiger partial charge in [-0.05, 0) is 77.0 Å². The molecule has 0 saturated carbocycles. The number of esters is 1. The van der Waals surface area contributed by atoms with Crippen LogP contribution in [0.2, 0.25) is 0 Å². The molecule has 0 aromatic heterocycles. The van der Waals surface area contributed by atoms with Crippen LogP contribution in [0.5, 0.6) is 0 Å². The van der Waals surface area contributed by atoms with Gasteiger partial charge in [0.15, 0.2) is 12.1 Å². The van der Waals surface area contributed by atoms with Crippen molar-refractivity contribution in [1.82, 2.24) is 4.90 Å². The first-order valence-electron chi connectivity index (χ1n) is 17.8. The standard InChI is InChI=1S/C38H55FN2O11/c1-8-31-26(20-49-38(48)40-28-12-10-27(39)11-13-28)17-21(2)9-14-29(43)22(3)18-25(15-16-42)36(23(4)30(44)19-32(45)51-31)52-37-35(47)33(41(6)7)34(46)24(5)50-37/h9-14,16-17,22-26,30-31,33-37,44,46-47H,8,15,18-20H2,1-7H3,(H,40,48)/b14-9+,21-17+/t22-,23+,24-,25+,26-,30-,31-,33+,34-,35-,36-,37+/m1/s1. The van der Waals surface area contributed by atoms with E-state index in [1.54, 1.807) is 65.8 Å². The molecule has 1 amide bonds. The van der Waals surface area contributed by atoms with Crippen LogP contribution in [0.25, 0.3) is 0 Å². The maximum atomic E-state index is 13.4. The summed E-state index contributed by atoms with van der Waals surface area (Å²) in [6.07, 6.45) is -2.80. The summed E-state index contributed by atoms with van der Waals surface area (Å²) in [6.45, 7) is 8.33. The number of aliphatic hydroxyl groups excluding tert-OH is 3. The number of ketones is 1. The number of amides is 1.